The molecule has 0 aliphatic heterocycles. The second-order valence-electron chi connectivity index (χ2n) is 0. The maximum absolute atomic E-state index is 0. The van der Waals surface area contributed by atoms with E-state index >= 15 is 0 Å². The molecule has 0 bridgehead atoms. The van der Waals surface area contributed by atoms with Crippen molar-refractivity contribution in [2.45, 2.75) is 0 Å². The largest absolute Gasteiger partial charge is 5.00 e. The van der Waals surface area contributed by atoms with Crippen LogP contribution in [0.1, 0.15) is 0 Å². The molecule has 5 heteroatoms. The first-order chi connectivity index (χ1) is 0. The average molecular weight is 307 g/mol. The molecular weight excluding hydrogens is 307 g/mol. The van der Waals surface area contributed by atoms with Gasteiger partial charge in [-0.05, 0) is 0 Å². The fourth-order valence-corrected chi connectivity index (χ4v) is 0. The van der Waals surface area contributed by atoms with E-state index in [-0.39, 0.29) is 75.0 Å². The van der Waals surface area contributed by atoms with E-state index in [4.69, 9.17) is 0 Å². The van der Waals surface area contributed by atoms with Gasteiger partial charge >= 0.3 is 18.6 Å². The van der Waals surface area contributed by atoms with Crippen LogP contribution in [0.5, 0.6) is 0 Å². The van der Waals surface area contributed by atoms with Crippen LogP contribution in [-0.2, 0) is 24.0 Å². The van der Waals surface area contributed by atoms with E-state index in [0.717, 1.165) is 0 Å². The van der Waals surface area contributed by atoms with Gasteiger partial charge in [0.05, 0.1) is 0 Å². The Kier molecular flexibility index (Phi) is 480. The normalized spacial score (nSPS) is 0. The quantitative estimate of drug-likeness (QED) is 0.425. The maximum atomic E-state index is 0. The van der Waals surface area contributed by atoms with Crippen molar-refractivity contribution in [1.82, 2.24) is 0 Å². The Balaban J connectivity index is 0. The Morgan fingerprint density at radius 2 is 0.600 bits per heavy atom. The van der Waals surface area contributed by atoms with Gasteiger partial charge in [0, 0.05) is 0 Å². The van der Waals surface area contributed by atoms with E-state index in [1.165, 1.54) is 0 Å². The summed E-state index contributed by atoms with van der Waals surface area (Å²) >= 11 is 0. The van der Waals surface area contributed by atoms with Crippen molar-refractivity contribution in [3.63, 3.8) is 0 Å². The first-order valence-corrected chi connectivity index (χ1v) is 0. The fourth-order valence-electron chi connectivity index (χ4n) is 0. The van der Waals surface area contributed by atoms with E-state index in [9.17, 15) is 0 Å². The Hall–Kier alpha value is 1.98. The number of halogens is 3. The molecule has 5 heavy (non-hydrogen) atoms. The van der Waals surface area contributed by atoms with Gasteiger partial charge in [0.25, 0.3) is 0 Å². The van der Waals surface area contributed by atoms with Crippen LogP contribution >= 0.6 is 0 Å². The molecule has 0 atom stereocenters. The molecule has 0 rings (SSSR count). The third-order valence-corrected chi connectivity index (χ3v) is 0. The third kappa shape index (κ3) is 24.1. The molecule has 0 N–H and O–H groups in total. The van der Waals surface area contributed by atoms with E-state index in [2.05, 4.69) is 0 Å². The minimum absolute atomic E-state index is 0. The summed E-state index contributed by atoms with van der Waals surface area (Å²) in [6.45, 7) is 0. The SMILES string of the molecule is [Br-].[Br-].[Br-].[O-2].[V+5]. The fraction of sp³-hybridized carbons (Fsp3) is 0. The molecule has 0 saturated carbocycles. The Bertz CT molecular complexity index is 6.85. The van der Waals surface area contributed by atoms with Gasteiger partial charge in [0.1, 0.15) is 0 Å². The number of hydrogen-bond acceptors (Lipinski definition) is 0. The van der Waals surface area contributed by atoms with Crippen LogP contribution in [-0.4, -0.2) is 0 Å². The maximum Gasteiger partial charge on any atom is 5.00 e. The van der Waals surface area contributed by atoms with E-state index in [1.807, 2.05) is 0 Å². The molecule has 0 aliphatic rings. The summed E-state index contributed by atoms with van der Waals surface area (Å²) in [6, 6.07) is 0. The molecule has 0 radical (unpaired) electrons. The van der Waals surface area contributed by atoms with Crippen LogP contribution in [0.15, 0.2) is 0 Å². The first kappa shape index (κ1) is 63.5. The summed E-state index contributed by atoms with van der Waals surface area (Å²) in [7, 11) is 0. The van der Waals surface area contributed by atoms with Crippen LogP contribution in [0.25, 0.3) is 0 Å². The van der Waals surface area contributed by atoms with Crippen molar-refractivity contribution in [2.24, 2.45) is 0 Å². The van der Waals surface area contributed by atoms with Gasteiger partial charge in [0.15, 0.2) is 0 Å². The van der Waals surface area contributed by atoms with Gasteiger partial charge in [-0.3, -0.25) is 0 Å². The molecule has 0 amide bonds. The summed E-state index contributed by atoms with van der Waals surface area (Å²) in [4.78, 5) is 0. The van der Waals surface area contributed by atoms with E-state index < -0.39 is 0 Å². The predicted octanol–water partition coefficient (Wildman–Crippen LogP) is -9.11. The molecule has 32 valence electrons. The smallest absolute Gasteiger partial charge is 2.00 e. The minimum atomic E-state index is 0. The van der Waals surface area contributed by atoms with Gasteiger partial charge in [-0.2, -0.15) is 0 Å². The van der Waals surface area contributed by atoms with Crippen molar-refractivity contribution < 1.29 is 75.0 Å². The molecule has 0 fully saturated rings. The first-order valence-electron chi connectivity index (χ1n) is 0. The van der Waals surface area contributed by atoms with Crippen LogP contribution in [0.3, 0.4) is 0 Å². The molecule has 0 spiro atoms. The summed E-state index contributed by atoms with van der Waals surface area (Å²) in [5.41, 5.74) is 0. The van der Waals surface area contributed by atoms with Gasteiger partial charge < -0.3 is 56.4 Å². The molecule has 0 aromatic carbocycles. The van der Waals surface area contributed by atoms with E-state index in [1.54, 1.807) is 0 Å². The summed E-state index contributed by atoms with van der Waals surface area (Å²) < 4.78 is 0. The van der Waals surface area contributed by atoms with Crippen molar-refractivity contribution in [3.05, 3.63) is 0 Å². The summed E-state index contributed by atoms with van der Waals surface area (Å²) in [5.74, 6) is 0. The Morgan fingerprint density at radius 1 is 0.600 bits per heavy atom. The summed E-state index contributed by atoms with van der Waals surface area (Å²) in [5, 5.41) is 0. The summed E-state index contributed by atoms with van der Waals surface area (Å²) in [6.07, 6.45) is 0. The van der Waals surface area contributed by atoms with Crippen molar-refractivity contribution >= 4 is 0 Å². The van der Waals surface area contributed by atoms with Crippen LogP contribution in [0.4, 0.5) is 0 Å². The molecule has 0 aliphatic carbocycles. The van der Waals surface area contributed by atoms with E-state index in [0.29, 0.717) is 0 Å². The number of rotatable bonds is 0. The average Bonchev–Trinajstić information content (AvgIpc) is 0. The third-order valence-electron chi connectivity index (χ3n) is 0. The predicted molar refractivity (Wildman–Crippen MR) is 0.686 cm³/mol. The zero-order chi connectivity index (χ0) is 0. The number of hydrogen-bond donors (Lipinski definition) is 0. The zero-order valence-corrected chi connectivity index (χ0v) is 8.14. The second kappa shape index (κ2) is 37.8. The topological polar surface area (TPSA) is 28.5 Å². The molecule has 0 aromatic rings. The van der Waals surface area contributed by atoms with Crippen molar-refractivity contribution in [3.8, 4) is 0 Å². The Labute approximate surface area is 74.4 Å². The van der Waals surface area contributed by atoms with Crippen LogP contribution in [0, 0.1) is 0 Å². The monoisotopic (exact) mass is 304 g/mol. The molecule has 1 nitrogen and oxygen atoms in total. The molecule has 0 unspecified atom stereocenters. The molecular formula is Br3OV. The standard InChI is InChI=1S/3BrH.O.V/h3*1H;;/q;;;-2;+5/p-3. The van der Waals surface area contributed by atoms with Gasteiger partial charge in [-0.15, -0.1) is 0 Å². The Morgan fingerprint density at radius 3 is 0.600 bits per heavy atom. The minimum Gasteiger partial charge on any atom is -2.00 e. The molecule has 0 aromatic heterocycles. The molecule has 0 saturated heterocycles. The van der Waals surface area contributed by atoms with Gasteiger partial charge in [-0.25, -0.2) is 0 Å². The van der Waals surface area contributed by atoms with Crippen LogP contribution < -0.4 is 50.9 Å². The van der Waals surface area contributed by atoms with Gasteiger partial charge in [-0.1, -0.05) is 0 Å². The van der Waals surface area contributed by atoms with Crippen LogP contribution in [0.2, 0.25) is 0 Å². The van der Waals surface area contributed by atoms with Crippen molar-refractivity contribution in [2.75, 3.05) is 0 Å². The zero-order valence-electron chi connectivity index (χ0n) is 1.99. The van der Waals surface area contributed by atoms with Gasteiger partial charge in [0.2, 0.25) is 0 Å². The second-order valence-corrected chi connectivity index (χ2v) is 0. The molecule has 0 heterocycles. The van der Waals surface area contributed by atoms with Crippen molar-refractivity contribution in [1.29, 1.82) is 0 Å².